The molecule has 1 aliphatic heterocycles. The van der Waals surface area contributed by atoms with Crippen LogP contribution in [0.1, 0.15) is 23.3 Å². The molecular weight excluding hydrogens is 479 g/mol. The van der Waals surface area contributed by atoms with E-state index >= 15 is 0 Å². The number of ether oxygens (including phenoxy) is 1. The van der Waals surface area contributed by atoms with Crippen LogP contribution in [0.25, 0.3) is 0 Å². The number of hydrogen-bond donors (Lipinski definition) is 3. The van der Waals surface area contributed by atoms with Crippen molar-refractivity contribution in [3.8, 4) is 0 Å². The van der Waals surface area contributed by atoms with Crippen LogP contribution in [-0.4, -0.2) is 70.8 Å². The molecule has 4 rings (SSSR count). The first-order valence-corrected chi connectivity index (χ1v) is 11.9. The fraction of sp³-hybridized carbons (Fsp3) is 0.250. The summed E-state index contributed by atoms with van der Waals surface area (Å²) in [4.78, 5) is 14.5. The van der Waals surface area contributed by atoms with Gasteiger partial charge < -0.3 is 20.7 Å². The van der Waals surface area contributed by atoms with Crippen LogP contribution < -0.4 is 12.9 Å². The van der Waals surface area contributed by atoms with E-state index < -0.39 is 45.5 Å². The number of carbonyl (C=O) groups is 1. The Morgan fingerprint density at radius 3 is 2.17 bits per heavy atom. The molecule has 1 aromatic heterocycles. The van der Waals surface area contributed by atoms with Crippen molar-refractivity contribution in [2.24, 2.45) is 5.73 Å². The quantitative estimate of drug-likeness (QED) is 0.400. The molecule has 1 fully saturated rings. The molecule has 2 aromatic carbocycles. The van der Waals surface area contributed by atoms with Crippen molar-refractivity contribution in [1.82, 2.24) is 14.8 Å². The fourth-order valence-electron chi connectivity index (χ4n) is 2.78. The van der Waals surface area contributed by atoms with Crippen molar-refractivity contribution in [2.75, 3.05) is 6.61 Å². The average Bonchev–Trinajstić information content (AvgIpc) is 3.37. The maximum atomic E-state index is 10.8. The van der Waals surface area contributed by atoms with Gasteiger partial charge >= 0.3 is 89.0 Å². The molecule has 8 nitrogen and oxygen atoms in total. The number of nitrogens with two attached hydrogens (primary N) is 1. The summed E-state index contributed by atoms with van der Waals surface area (Å²) < 4.78 is 9.69. The van der Waals surface area contributed by atoms with E-state index in [0.29, 0.717) is 0 Å². The molecule has 9 heteroatoms. The fourth-order valence-corrected chi connectivity index (χ4v) is 5.78. The second-order valence-corrected chi connectivity index (χ2v) is 10.4. The standard InChI is InChI=1S/C8H12N4O4.2C6H5.Sn/c9-7(15)8-10-3-12(11-8)6-1-4(14)5(2-13)16-6;2*1-2-4-6-5-3-1;/h3-6,13-14H,1-2H2,(H2,9,15);2*1-5H;. The molecule has 29 heavy (non-hydrogen) atoms. The molecule has 3 atom stereocenters. The Hall–Kier alpha value is -2.27. The van der Waals surface area contributed by atoms with Gasteiger partial charge in [-0.3, -0.25) is 4.79 Å². The van der Waals surface area contributed by atoms with Gasteiger partial charge in [0.25, 0.3) is 5.91 Å². The summed E-state index contributed by atoms with van der Waals surface area (Å²) in [6, 6.07) is 21.6. The van der Waals surface area contributed by atoms with E-state index in [1.807, 2.05) is 0 Å². The van der Waals surface area contributed by atoms with Crippen molar-refractivity contribution in [1.29, 1.82) is 0 Å². The Kier molecular flexibility index (Phi) is 7.75. The van der Waals surface area contributed by atoms with Crippen LogP contribution in [0.2, 0.25) is 0 Å². The number of primary amides is 1. The molecule has 0 saturated carbocycles. The van der Waals surface area contributed by atoms with Crippen LogP contribution in [0.5, 0.6) is 0 Å². The van der Waals surface area contributed by atoms with Crippen molar-refractivity contribution < 1.29 is 19.7 Å². The van der Waals surface area contributed by atoms with Crippen LogP contribution >= 0.6 is 0 Å². The Morgan fingerprint density at radius 2 is 1.72 bits per heavy atom. The number of nitrogens with zero attached hydrogens (tertiary/aromatic N) is 3. The van der Waals surface area contributed by atoms with E-state index in [1.165, 1.54) is 18.2 Å². The molecule has 1 aliphatic rings. The summed E-state index contributed by atoms with van der Waals surface area (Å²) in [6.45, 7) is -0.269. The topological polar surface area (TPSA) is 123 Å². The SMILES string of the molecule is NC(=O)c1ncn(C2CC(O)C(CO)O2)n1.c1cc[c]([Sn][c]2ccccc2)cc1. The molecule has 2 radical (unpaired) electrons. The third kappa shape index (κ3) is 6.10. The number of aliphatic hydroxyl groups excluding tert-OH is 2. The molecular formula is C20H22N4O4Sn. The Morgan fingerprint density at radius 1 is 1.14 bits per heavy atom. The minimum absolute atomic E-state index is 0.106. The second kappa shape index (κ2) is 10.5. The Balaban J connectivity index is 0.000000169. The van der Waals surface area contributed by atoms with Crippen LogP contribution in [-0.2, 0) is 4.74 Å². The zero-order chi connectivity index (χ0) is 20.6. The molecule has 3 aromatic rings. The van der Waals surface area contributed by atoms with Crippen LogP contribution in [0.3, 0.4) is 0 Å². The van der Waals surface area contributed by atoms with Crippen LogP contribution in [0.15, 0.2) is 67.0 Å². The zero-order valence-corrected chi connectivity index (χ0v) is 18.5. The van der Waals surface area contributed by atoms with Gasteiger partial charge in [0, 0.05) is 6.42 Å². The van der Waals surface area contributed by atoms with Gasteiger partial charge in [0.1, 0.15) is 12.4 Å². The van der Waals surface area contributed by atoms with Gasteiger partial charge in [-0.2, -0.15) is 0 Å². The van der Waals surface area contributed by atoms with Crippen LogP contribution in [0, 0.1) is 0 Å². The number of rotatable bonds is 5. The molecule has 1 amide bonds. The third-order valence-electron chi connectivity index (χ3n) is 4.24. The van der Waals surface area contributed by atoms with Gasteiger partial charge in [0.15, 0.2) is 6.23 Å². The monoisotopic (exact) mass is 502 g/mol. The molecule has 3 unspecified atom stereocenters. The molecule has 4 N–H and O–H groups in total. The summed E-state index contributed by atoms with van der Waals surface area (Å²) in [5.41, 5.74) is 5.00. The summed E-state index contributed by atoms with van der Waals surface area (Å²) in [5.74, 6) is -0.832. The molecule has 2 heterocycles. The second-order valence-electron chi connectivity index (χ2n) is 6.38. The normalized spacial score (nSPS) is 20.7. The number of benzene rings is 2. The Bertz CT molecular complexity index is 870. The number of aromatic nitrogens is 3. The number of aliphatic hydroxyl groups is 2. The van der Waals surface area contributed by atoms with Crippen molar-refractivity contribution >= 4 is 34.2 Å². The molecule has 1 saturated heterocycles. The molecule has 150 valence electrons. The number of carbonyl (C=O) groups excluding carboxylic acids is 1. The first-order chi connectivity index (χ1) is 14.1. The van der Waals surface area contributed by atoms with E-state index in [1.54, 1.807) is 0 Å². The third-order valence-corrected chi connectivity index (χ3v) is 7.79. The molecule has 0 aliphatic carbocycles. The minimum atomic E-state index is -0.753. The van der Waals surface area contributed by atoms with Crippen LogP contribution in [0.4, 0.5) is 0 Å². The van der Waals surface area contributed by atoms with Gasteiger partial charge in [-0.15, -0.1) is 5.10 Å². The van der Waals surface area contributed by atoms with Gasteiger partial charge in [-0.05, 0) is 0 Å². The summed E-state index contributed by atoms with van der Waals surface area (Å²) in [7, 11) is 0. The van der Waals surface area contributed by atoms with E-state index in [2.05, 4.69) is 70.7 Å². The maximum absolute atomic E-state index is 10.8. The van der Waals surface area contributed by atoms with Crippen molar-refractivity contribution in [3.63, 3.8) is 0 Å². The first kappa shape index (κ1) is 21.4. The summed E-state index contributed by atoms with van der Waals surface area (Å²) in [6.07, 6.45) is -0.334. The van der Waals surface area contributed by atoms with Gasteiger partial charge in [0.2, 0.25) is 5.82 Å². The predicted octanol–water partition coefficient (Wildman–Crippen LogP) is -0.641. The van der Waals surface area contributed by atoms with Gasteiger partial charge in [-0.25, -0.2) is 9.67 Å². The average molecular weight is 501 g/mol. The summed E-state index contributed by atoms with van der Waals surface area (Å²) >= 11 is -0.517. The predicted molar refractivity (Wildman–Crippen MR) is 108 cm³/mol. The van der Waals surface area contributed by atoms with E-state index in [-0.39, 0.29) is 18.9 Å². The first-order valence-electron chi connectivity index (χ1n) is 9.09. The van der Waals surface area contributed by atoms with Crippen molar-refractivity contribution in [3.05, 3.63) is 72.8 Å². The Labute approximate surface area is 178 Å². The van der Waals surface area contributed by atoms with E-state index in [0.717, 1.165) is 0 Å². The van der Waals surface area contributed by atoms with E-state index in [9.17, 15) is 9.90 Å². The molecule has 0 bridgehead atoms. The number of hydrogen-bond acceptors (Lipinski definition) is 6. The van der Waals surface area contributed by atoms with Gasteiger partial charge in [-0.1, -0.05) is 0 Å². The number of amides is 1. The molecule has 0 spiro atoms. The zero-order valence-electron chi connectivity index (χ0n) is 15.6. The van der Waals surface area contributed by atoms with Gasteiger partial charge in [0.05, 0.1) is 12.7 Å². The van der Waals surface area contributed by atoms with Crippen molar-refractivity contribution in [2.45, 2.75) is 24.9 Å². The van der Waals surface area contributed by atoms with E-state index in [4.69, 9.17) is 15.6 Å². The summed E-state index contributed by atoms with van der Waals surface area (Å²) in [5, 5.41) is 22.2.